The van der Waals surface area contributed by atoms with Gasteiger partial charge in [-0.05, 0) is 29.0 Å². The van der Waals surface area contributed by atoms with Gasteiger partial charge in [-0.3, -0.25) is 4.79 Å². The van der Waals surface area contributed by atoms with Crippen LogP contribution in [0.1, 0.15) is 32.2 Å². The highest BCUT2D eigenvalue weighted by atomic mass is 19.1. The fraction of sp³-hybridized carbons (Fsp3) is 0.0625. The SMILES string of the molecule is O=C(C=C(O)c1cc(C(=O)O)n(Cc2ccc(F)cc2)c1)c1nn[nH]n1. The molecule has 26 heavy (non-hydrogen) atoms. The number of halogens is 1. The predicted molar refractivity (Wildman–Crippen MR) is 86.0 cm³/mol. The van der Waals surface area contributed by atoms with Crippen LogP contribution in [0.4, 0.5) is 4.39 Å². The number of allylic oxidation sites excluding steroid dienone is 1. The molecule has 132 valence electrons. The molecule has 0 spiro atoms. The Hall–Kier alpha value is -3.82. The Bertz CT molecular complexity index is 977. The Kier molecular flexibility index (Phi) is 4.56. The first-order chi connectivity index (χ1) is 12.4. The first-order valence-corrected chi connectivity index (χ1v) is 7.31. The highest BCUT2D eigenvalue weighted by Gasteiger charge is 2.17. The molecule has 3 rings (SSSR count). The maximum Gasteiger partial charge on any atom is 0.352 e. The second-order valence-electron chi connectivity index (χ2n) is 5.30. The summed E-state index contributed by atoms with van der Waals surface area (Å²) in [6, 6.07) is 6.80. The topological polar surface area (TPSA) is 134 Å². The molecule has 2 aromatic heterocycles. The number of hydrogen-bond donors (Lipinski definition) is 3. The molecule has 3 aromatic rings. The minimum absolute atomic E-state index is 0.101. The highest BCUT2D eigenvalue weighted by Crippen LogP contribution is 2.18. The number of nitrogens with zero attached hydrogens (tertiary/aromatic N) is 4. The summed E-state index contributed by atoms with van der Waals surface area (Å²) in [5.41, 5.74) is 0.694. The Morgan fingerprint density at radius 1 is 1.23 bits per heavy atom. The largest absolute Gasteiger partial charge is 0.507 e. The van der Waals surface area contributed by atoms with E-state index in [0.29, 0.717) is 5.56 Å². The number of aromatic carboxylic acids is 1. The van der Waals surface area contributed by atoms with Gasteiger partial charge in [0.15, 0.2) is 0 Å². The van der Waals surface area contributed by atoms with Crippen molar-refractivity contribution in [1.29, 1.82) is 0 Å². The Morgan fingerprint density at radius 2 is 1.96 bits per heavy atom. The molecule has 9 nitrogen and oxygen atoms in total. The molecule has 1 aromatic carbocycles. The summed E-state index contributed by atoms with van der Waals surface area (Å²) in [7, 11) is 0. The van der Waals surface area contributed by atoms with Crippen LogP contribution in [-0.4, -0.2) is 47.2 Å². The molecule has 10 heteroatoms. The Labute approximate surface area is 145 Å². The lowest BCUT2D eigenvalue weighted by atomic mass is 10.2. The summed E-state index contributed by atoms with van der Waals surface area (Å²) in [4.78, 5) is 23.3. The third-order valence-corrected chi connectivity index (χ3v) is 3.51. The molecule has 0 amide bonds. The van der Waals surface area contributed by atoms with Crippen molar-refractivity contribution in [2.75, 3.05) is 0 Å². The van der Waals surface area contributed by atoms with E-state index in [2.05, 4.69) is 20.6 Å². The van der Waals surface area contributed by atoms with E-state index in [1.807, 2.05) is 0 Å². The molecule has 0 unspecified atom stereocenters. The number of tetrazole rings is 1. The Morgan fingerprint density at radius 3 is 2.58 bits per heavy atom. The van der Waals surface area contributed by atoms with Gasteiger partial charge >= 0.3 is 5.97 Å². The number of ketones is 1. The van der Waals surface area contributed by atoms with Gasteiger partial charge in [0.25, 0.3) is 0 Å². The molecule has 2 heterocycles. The van der Waals surface area contributed by atoms with E-state index in [-0.39, 0.29) is 23.6 Å². The highest BCUT2D eigenvalue weighted by molar-refractivity contribution is 6.05. The van der Waals surface area contributed by atoms with Crippen LogP contribution in [0.3, 0.4) is 0 Å². The number of aliphatic hydroxyl groups excluding tert-OH is 1. The van der Waals surface area contributed by atoms with Gasteiger partial charge in [0.1, 0.15) is 17.3 Å². The molecule has 0 aliphatic rings. The molecule has 0 fully saturated rings. The van der Waals surface area contributed by atoms with Crippen LogP contribution < -0.4 is 0 Å². The number of carbonyl (C=O) groups is 2. The zero-order valence-electron chi connectivity index (χ0n) is 13.1. The Balaban J connectivity index is 1.90. The van der Waals surface area contributed by atoms with Crippen molar-refractivity contribution in [2.24, 2.45) is 0 Å². The number of rotatable bonds is 6. The van der Waals surface area contributed by atoms with Crippen molar-refractivity contribution in [2.45, 2.75) is 6.54 Å². The van der Waals surface area contributed by atoms with Crippen LogP contribution in [0.25, 0.3) is 5.76 Å². The van der Waals surface area contributed by atoms with E-state index >= 15 is 0 Å². The van der Waals surface area contributed by atoms with E-state index in [4.69, 9.17) is 0 Å². The fourth-order valence-corrected chi connectivity index (χ4v) is 2.29. The number of carboxylic acid groups (broad SMARTS) is 1. The minimum Gasteiger partial charge on any atom is -0.507 e. The zero-order chi connectivity index (χ0) is 18.7. The van der Waals surface area contributed by atoms with E-state index in [1.54, 1.807) is 0 Å². The number of benzene rings is 1. The molecular weight excluding hydrogens is 345 g/mol. The van der Waals surface area contributed by atoms with E-state index in [1.165, 1.54) is 41.1 Å². The minimum atomic E-state index is -1.21. The molecule has 0 atom stereocenters. The zero-order valence-corrected chi connectivity index (χ0v) is 13.1. The average molecular weight is 357 g/mol. The van der Waals surface area contributed by atoms with Gasteiger partial charge in [-0.1, -0.05) is 12.1 Å². The van der Waals surface area contributed by atoms with Gasteiger partial charge in [-0.25, -0.2) is 9.18 Å². The first-order valence-electron chi connectivity index (χ1n) is 7.31. The standard InChI is InChI=1S/C16H12FN5O4/c17-11-3-1-9(2-4-11)7-22-8-10(5-12(22)16(25)26)13(23)6-14(24)15-18-20-21-19-15/h1-6,8,23H,7H2,(H,25,26)(H,18,19,20,21). The van der Waals surface area contributed by atoms with Gasteiger partial charge in [0.05, 0.1) is 0 Å². The fourth-order valence-electron chi connectivity index (χ4n) is 2.29. The molecule has 0 saturated heterocycles. The van der Waals surface area contributed by atoms with Crippen LogP contribution in [0, 0.1) is 5.82 Å². The summed E-state index contributed by atoms with van der Waals surface area (Å²) in [5.74, 6) is -2.99. The summed E-state index contributed by atoms with van der Waals surface area (Å²) >= 11 is 0. The lowest BCUT2D eigenvalue weighted by Gasteiger charge is -2.06. The molecule has 0 aliphatic heterocycles. The average Bonchev–Trinajstić information content (AvgIpc) is 3.26. The van der Waals surface area contributed by atoms with Crippen LogP contribution >= 0.6 is 0 Å². The van der Waals surface area contributed by atoms with E-state index < -0.39 is 23.3 Å². The number of aliphatic hydroxyl groups is 1. The first kappa shape index (κ1) is 17.0. The number of aromatic amines is 1. The lowest BCUT2D eigenvalue weighted by Crippen LogP contribution is -2.08. The van der Waals surface area contributed by atoms with Gasteiger partial charge in [0.2, 0.25) is 11.6 Å². The maximum atomic E-state index is 13.0. The quantitative estimate of drug-likeness (QED) is 0.347. The van der Waals surface area contributed by atoms with Gasteiger partial charge in [0, 0.05) is 24.4 Å². The lowest BCUT2D eigenvalue weighted by molar-refractivity contribution is 0.0685. The van der Waals surface area contributed by atoms with Crippen molar-refractivity contribution < 1.29 is 24.2 Å². The summed E-state index contributed by atoms with van der Waals surface area (Å²) in [6.45, 7) is 0.147. The molecular formula is C16H12FN5O4. The summed E-state index contributed by atoms with van der Waals surface area (Å²) in [5, 5.41) is 31.8. The predicted octanol–water partition coefficient (Wildman–Crippen LogP) is 1.67. The van der Waals surface area contributed by atoms with Crippen molar-refractivity contribution >= 4 is 17.5 Å². The summed E-state index contributed by atoms with van der Waals surface area (Å²) in [6.07, 6.45) is 2.25. The third-order valence-electron chi connectivity index (χ3n) is 3.51. The van der Waals surface area contributed by atoms with Crippen molar-refractivity contribution in [3.05, 3.63) is 71.1 Å². The van der Waals surface area contributed by atoms with Gasteiger partial charge in [-0.2, -0.15) is 5.21 Å². The number of aromatic nitrogens is 5. The number of carboxylic acids is 1. The third kappa shape index (κ3) is 3.64. The molecule has 0 bridgehead atoms. The molecule has 0 aliphatic carbocycles. The smallest absolute Gasteiger partial charge is 0.352 e. The van der Waals surface area contributed by atoms with Crippen LogP contribution in [0.2, 0.25) is 0 Å². The number of H-pyrrole nitrogens is 1. The number of nitrogens with one attached hydrogen (secondary N) is 1. The van der Waals surface area contributed by atoms with Crippen molar-refractivity contribution in [3.8, 4) is 0 Å². The van der Waals surface area contributed by atoms with Crippen LogP contribution in [-0.2, 0) is 6.54 Å². The summed E-state index contributed by atoms with van der Waals surface area (Å²) < 4.78 is 14.4. The molecule has 0 saturated carbocycles. The maximum absolute atomic E-state index is 13.0. The van der Waals surface area contributed by atoms with Gasteiger partial charge in [-0.15, -0.1) is 10.2 Å². The van der Waals surface area contributed by atoms with E-state index in [0.717, 1.165) is 6.08 Å². The normalized spacial score (nSPS) is 11.5. The number of carbonyl (C=O) groups excluding carboxylic acids is 1. The second kappa shape index (κ2) is 6.97. The van der Waals surface area contributed by atoms with Crippen molar-refractivity contribution in [1.82, 2.24) is 25.2 Å². The van der Waals surface area contributed by atoms with Crippen LogP contribution in [0.15, 0.2) is 42.6 Å². The second-order valence-corrected chi connectivity index (χ2v) is 5.30. The van der Waals surface area contributed by atoms with Gasteiger partial charge < -0.3 is 14.8 Å². The van der Waals surface area contributed by atoms with Crippen molar-refractivity contribution in [3.63, 3.8) is 0 Å². The monoisotopic (exact) mass is 357 g/mol. The number of hydrogen-bond acceptors (Lipinski definition) is 6. The van der Waals surface area contributed by atoms with E-state index in [9.17, 15) is 24.2 Å². The molecule has 0 radical (unpaired) electrons. The van der Waals surface area contributed by atoms with Crippen LogP contribution in [0.5, 0.6) is 0 Å². The molecule has 3 N–H and O–H groups in total.